The quantitative estimate of drug-likeness (QED) is 0.412. The number of nitrogens with two attached hydrogens (primary N) is 1. The summed E-state index contributed by atoms with van der Waals surface area (Å²) in [4.78, 5) is 38.0. The predicted octanol–water partition coefficient (Wildman–Crippen LogP) is 0.759. The van der Waals surface area contributed by atoms with Crippen LogP contribution in [0.25, 0.3) is 0 Å². The fourth-order valence-corrected chi connectivity index (χ4v) is 4.71. The van der Waals surface area contributed by atoms with Gasteiger partial charge in [0.05, 0.1) is 32.3 Å². The first-order chi connectivity index (χ1) is 17.6. The second-order valence-corrected chi connectivity index (χ2v) is 9.04. The lowest BCUT2D eigenvalue weighted by Crippen LogP contribution is -2.39. The van der Waals surface area contributed by atoms with Gasteiger partial charge in [0.15, 0.2) is 5.69 Å². The van der Waals surface area contributed by atoms with E-state index in [2.05, 4.69) is 14.9 Å². The van der Waals surface area contributed by atoms with Crippen molar-refractivity contribution in [1.82, 2.24) is 14.9 Å². The lowest BCUT2D eigenvalue weighted by molar-refractivity contribution is -0.119. The monoisotopic (exact) mass is 497 g/mol. The van der Waals surface area contributed by atoms with E-state index in [9.17, 15) is 9.59 Å². The first kappa shape index (κ1) is 24.4. The Hall–Kier alpha value is -3.28. The molecule has 2 aromatic rings. The van der Waals surface area contributed by atoms with E-state index in [1.54, 1.807) is 18.2 Å². The zero-order chi connectivity index (χ0) is 24.9. The standard InChI is InChI=1S/C25H31N5O6/c26-23(31)20-3-1-17-15-18(2-4-19(17)20)36-24(32)21-16-22(35-14-7-29-5-10-33-11-6-29)28-25(27-21)30-8-12-34-13-9-30/h2,4,15-16,20H,1,3,5-14H2,(H2,26,31). The van der Waals surface area contributed by atoms with Crippen LogP contribution in [0.5, 0.6) is 11.6 Å². The average Bonchev–Trinajstić information content (AvgIpc) is 3.33. The van der Waals surface area contributed by atoms with Crippen LogP contribution in [0.15, 0.2) is 24.3 Å². The third kappa shape index (κ3) is 5.75. The van der Waals surface area contributed by atoms with Crippen LogP contribution in [-0.4, -0.2) is 92.5 Å². The summed E-state index contributed by atoms with van der Waals surface area (Å²) in [6.45, 7) is 6.71. The number of aryl methyl sites for hydroxylation is 1. The maximum absolute atomic E-state index is 13.1. The fraction of sp³-hybridized carbons (Fsp3) is 0.520. The molecule has 1 atom stereocenters. The maximum atomic E-state index is 13.1. The number of morpholine rings is 2. The van der Waals surface area contributed by atoms with Gasteiger partial charge in [0.25, 0.3) is 0 Å². The summed E-state index contributed by atoms with van der Waals surface area (Å²) in [6.07, 6.45) is 1.38. The van der Waals surface area contributed by atoms with Crippen LogP contribution in [0.4, 0.5) is 5.95 Å². The minimum Gasteiger partial charge on any atom is -0.476 e. The largest absolute Gasteiger partial charge is 0.476 e. The molecule has 0 spiro atoms. The van der Waals surface area contributed by atoms with Crippen molar-refractivity contribution in [3.8, 4) is 11.6 Å². The summed E-state index contributed by atoms with van der Waals surface area (Å²) >= 11 is 0. The number of benzene rings is 1. The van der Waals surface area contributed by atoms with Crippen LogP contribution in [0.2, 0.25) is 0 Å². The number of hydrogen-bond acceptors (Lipinski definition) is 10. The highest BCUT2D eigenvalue weighted by atomic mass is 16.5. The van der Waals surface area contributed by atoms with E-state index >= 15 is 0 Å². The van der Waals surface area contributed by atoms with Crippen LogP contribution in [0, 0.1) is 0 Å². The minimum absolute atomic E-state index is 0.114. The summed E-state index contributed by atoms with van der Waals surface area (Å²) in [5, 5.41) is 0. The SMILES string of the molecule is NC(=O)C1CCc2cc(OC(=O)c3cc(OCCN4CCOCC4)nc(N4CCOCC4)n3)ccc21. The summed E-state index contributed by atoms with van der Waals surface area (Å²) in [6, 6.07) is 6.80. The smallest absolute Gasteiger partial charge is 0.362 e. The van der Waals surface area contributed by atoms with Crippen molar-refractivity contribution >= 4 is 17.8 Å². The summed E-state index contributed by atoms with van der Waals surface area (Å²) in [7, 11) is 0. The molecule has 2 fully saturated rings. The number of nitrogens with zero attached hydrogens (tertiary/aromatic N) is 4. The lowest BCUT2D eigenvalue weighted by atomic mass is 10.0. The zero-order valence-corrected chi connectivity index (χ0v) is 20.2. The van der Waals surface area contributed by atoms with Crippen molar-refractivity contribution in [2.45, 2.75) is 18.8 Å². The van der Waals surface area contributed by atoms with E-state index in [1.165, 1.54) is 6.07 Å². The van der Waals surface area contributed by atoms with Crippen molar-refractivity contribution in [3.05, 3.63) is 41.1 Å². The van der Waals surface area contributed by atoms with Crippen molar-refractivity contribution in [3.63, 3.8) is 0 Å². The number of carbonyl (C=O) groups is 2. The Kier molecular flexibility index (Phi) is 7.59. The third-order valence-corrected chi connectivity index (χ3v) is 6.70. The first-order valence-electron chi connectivity index (χ1n) is 12.4. The summed E-state index contributed by atoms with van der Waals surface area (Å²) in [5.41, 5.74) is 7.48. The number of aromatic nitrogens is 2. The van der Waals surface area contributed by atoms with Gasteiger partial charge < -0.3 is 29.6 Å². The van der Waals surface area contributed by atoms with E-state index < -0.39 is 5.97 Å². The molecule has 11 heteroatoms. The Labute approximate surface area is 209 Å². The highest BCUT2D eigenvalue weighted by Gasteiger charge is 2.28. The van der Waals surface area contributed by atoms with Gasteiger partial charge in [0.2, 0.25) is 17.7 Å². The van der Waals surface area contributed by atoms with E-state index in [-0.39, 0.29) is 17.5 Å². The molecule has 36 heavy (non-hydrogen) atoms. The normalized spacial score (nSPS) is 20.1. The Bertz CT molecular complexity index is 1100. The molecule has 1 amide bonds. The van der Waals surface area contributed by atoms with Crippen molar-refractivity contribution in [2.24, 2.45) is 5.73 Å². The van der Waals surface area contributed by atoms with E-state index in [4.69, 9.17) is 24.7 Å². The summed E-state index contributed by atoms with van der Waals surface area (Å²) in [5.74, 6) is -0.104. The van der Waals surface area contributed by atoms with Gasteiger partial charge in [-0.2, -0.15) is 4.98 Å². The fourth-order valence-electron chi connectivity index (χ4n) is 4.71. The molecule has 0 saturated carbocycles. The highest BCUT2D eigenvalue weighted by Crippen LogP contribution is 2.35. The van der Waals surface area contributed by atoms with Crippen LogP contribution in [-0.2, 0) is 20.7 Å². The Morgan fingerprint density at radius 2 is 1.78 bits per heavy atom. The number of rotatable bonds is 8. The van der Waals surface area contributed by atoms with Crippen molar-refractivity contribution < 1.29 is 28.5 Å². The van der Waals surface area contributed by atoms with E-state index in [0.29, 0.717) is 63.3 Å². The van der Waals surface area contributed by atoms with Gasteiger partial charge in [-0.15, -0.1) is 0 Å². The Morgan fingerprint density at radius 3 is 2.53 bits per heavy atom. The number of hydrogen-bond donors (Lipinski definition) is 1. The molecular formula is C25H31N5O6. The molecule has 11 nitrogen and oxygen atoms in total. The van der Waals surface area contributed by atoms with Crippen LogP contribution < -0.4 is 20.1 Å². The number of ether oxygens (including phenoxy) is 4. The number of esters is 1. The van der Waals surface area contributed by atoms with Crippen LogP contribution in [0.1, 0.15) is 34.0 Å². The highest BCUT2D eigenvalue weighted by molar-refractivity contribution is 5.90. The van der Waals surface area contributed by atoms with Gasteiger partial charge in [-0.05, 0) is 36.1 Å². The van der Waals surface area contributed by atoms with Gasteiger partial charge in [-0.3, -0.25) is 9.69 Å². The van der Waals surface area contributed by atoms with E-state index in [0.717, 1.165) is 44.0 Å². The van der Waals surface area contributed by atoms with Gasteiger partial charge in [0, 0.05) is 38.8 Å². The first-order valence-corrected chi connectivity index (χ1v) is 12.4. The zero-order valence-electron chi connectivity index (χ0n) is 20.2. The molecule has 1 aliphatic carbocycles. The average molecular weight is 498 g/mol. The number of primary amides is 1. The number of carbonyl (C=O) groups excluding carboxylic acids is 2. The van der Waals surface area contributed by atoms with Crippen molar-refractivity contribution in [1.29, 1.82) is 0 Å². The molecule has 3 aliphatic rings. The van der Waals surface area contributed by atoms with Crippen LogP contribution >= 0.6 is 0 Å². The molecule has 1 aromatic heterocycles. The molecule has 1 aromatic carbocycles. The second kappa shape index (κ2) is 11.2. The third-order valence-electron chi connectivity index (χ3n) is 6.70. The Morgan fingerprint density at radius 1 is 1.03 bits per heavy atom. The summed E-state index contributed by atoms with van der Waals surface area (Å²) < 4.78 is 22.4. The molecule has 0 radical (unpaired) electrons. The molecule has 2 saturated heterocycles. The molecule has 192 valence electrons. The van der Waals surface area contributed by atoms with Crippen LogP contribution in [0.3, 0.4) is 0 Å². The van der Waals surface area contributed by atoms with Gasteiger partial charge in [-0.1, -0.05) is 6.07 Å². The number of fused-ring (bicyclic) bond motifs is 1. The van der Waals surface area contributed by atoms with Gasteiger partial charge >= 0.3 is 5.97 Å². The molecule has 5 rings (SSSR count). The van der Waals surface area contributed by atoms with Gasteiger partial charge in [0.1, 0.15) is 12.4 Å². The maximum Gasteiger partial charge on any atom is 0.362 e. The Balaban J connectivity index is 1.31. The predicted molar refractivity (Wildman–Crippen MR) is 129 cm³/mol. The molecule has 3 heterocycles. The molecule has 2 aliphatic heterocycles. The molecule has 1 unspecified atom stereocenters. The van der Waals surface area contributed by atoms with Gasteiger partial charge in [-0.25, -0.2) is 9.78 Å². The topological polar surface area (TPSA) is 129 Å². The number of anilines is 1. The lowest BCUT2D eigenvalue weighted by Gasteiger charge is -2.27. The molecular weight excluding hydrogens is 466 g/mol. The molecule has 0 bridgehead atoms. The van der Waals surface area contributed by atoms with Crippen molar-refractivity contribution in [2.75, 3.05) is 70.7 Å². The molecule has 2 N–H and O–H groups in total. The minimum atomic E-state index is -0.602. The second-order valence-electron chi connectivity index (χ2n) is 9.04. The number of amides is 1. The van der Waals surface area contributed by atoms with E-state index in [1.807, 2.05) is 4.90 Å².